The van der Waals surface area contributed by atoms with E-state index in [4.69, 9.17) is 14.2 Å². The Bertz CT molecular complexity index is 1730. The van der Waals surface area contributed by atoms with E-state index in [9.17, 15) is 19.1 Å². The van der Waals surface area contributed by atoms with Crippen molar-refractivity contribution in [2.45, 2.75) is 55.7 Å². The van der Waals surface area contributed by atoms with Crippen molar-refractivity contribution >= 4 is 45.7 Å². The highest BCUT2D eigenvalue weighted by Gasteiger charge is 2.48. The van der Waals surface area contributed by atoms with Gasteiger partial charge in [0.2, 0.25) is 5.13 Å². The lowest BCUT2D eigenvalue weighted by Gasteiger charge is -2.23. The van der Waals surface area contributed by atoms with Gasteiger partial charge in [-0.25, -0.2) is 4.39 Å². The first-order chi connectivity index (χ1) is 22.8. The summed E-state index contributed by atoms with van der Waals surface area (Å²) in [5.74, 6) is -0.256. The van der Waals surface area contributed by atoms with E-state index in [1.807, 2.05) is 6.92 Å². The number of amides is 1. The number of aliphatic hydroxyl groups is 1. The van der Waals surface area contributed by atoms with Crippen molar-refractivity contribution in [3.05, 3.63) is 94.8 Å². The first-order valence-electron chi connectivity index (χ1n) is 15.4. The molecule has 246 valence electrons. The van der Waals surface area contributed by atoms with Gasteiger partial charge in [-0.2, -0.15) is 0 Å². The molecule has 2 heterocycles. The lowest BCUT2D eigenvalue weighted by Crippen LogP contribution is -2.29. The van der Waals surface area contributed by atoms with Gasteiger partial charge in [-0.15, -0.1) is 10.2 Å². The van der Waals surface area contributed by atoms with Crippen molar-refractivity contribution in [2.75, 3.05) is 25.2 Å². The quantitative estimate of drug-likeness (QED) is 0.0335. The Kier molecular flexibility index (Phi) is 11.5. The molecule has 1 unspecified atom stereocenters. The van der Waals surface area contributed by atoms with Gasteiger partial charge < -0.3 is 19.3 Å². The highest BCUT2D eigenvalue weighted by atomic mass is 32.2. The predicted octanol–water partition coefficient (Wildman–Crippen LogP) is 7.96. The maximum atomic E-state index is 13.7. The van der Waals surface area contributed by atoms with E-state index in [1.54, 1.807) is 54.6 Å². The molecule has 1 amide bonds. The fourth-order valence-corrected chi connectivity index (χ4v) is 6.84. The summed E-state index contributed by atoms with van der Waals surface area (Å²) in [4.78, 5) is 28.7. The number of aliphatic hydroxyl groups excluding tert-OH is 1. The Morgan fingerprint density at radius 3 is 2.40 bits per heavy atom. The molecular formula is C35H36FN3O6S2. The van der Waals surface area contributed by atoms with E-state index >= 15 is 0 Å². The molecule has 1 aromatic heterocycles. The molecule has 1 aliphatic heterocycles. The lowest BCUT2D eigenvalue weighted by molar-refractivity contribution is -0.132. The average molecular weight is 678 g/mol. The van der Waals surface area contributed by atoms with E-state index in [0.29, 0.717) is 51.7 Å². The number of carbonyl (C=O) groups excluding carboxylic acids is 2. The molecule has 5 rings (SSSR count). The zero-order chi connectivity index (χ0) is 33.3. The maximum Gasteiger partial charge on any atom is 0.301 e. The van der Waals surface area contributed by atoms with Crippen LogP contribution >= 0.6 is 23.1 Å². The summed E-state index contributed by atoms with van der Waals surface area (Å²) in [6, 6.07) is 17.0. The number of aromatic nitrogens is 2. The minimum absolute atomic E-state index is 0.0911. The summed E-state index contributed by atoms with van der Waals surface area (Å²) >= 11 is 2.53. The number of ether oxygens (including phenoxy) is 3. The van der Waals surface area contributed by atoms with Gasteiger partial charge in [0.1, 0.15) is 17.3 Å². The fourth-order valence-electron chi connectivity index (χ4n) is 5.02. The predicted molar refractivity (Wildman–Crippen MR) is 181 cm³/mol. The third-order valence-electron chi connectivity index (χ3n) is 7.43. The number of thioether (sulfide) groups is 1. The molecule has 1 aliphatic rings. The SMILES string of the molecule is CCCCCOc1ccc(C2/C(=C(/O)c3ccc(OCCC)cc3)C(=O)C(=O)N2c2nnc(SCc3ccc(F)cc3)s2)cc1OC. The van der Waals surface area contributed by atoms with Crippen molar-refractivity contribution in [3.8, 4) is 17.2 Å². The number of halogens is 1. The second-order valence-electron chi connectivity index (χ2n) is 10.8. The smallest absolute Gasteiger partial charge is 0.301 e. The largest absolute Gasteiger partial charge is 0.507 e. The molecule has 1 saturated heterocycles. The van der Waals surface area contributed by atoms with Crippen molar-refractivity contribution in [1.29, 1.82) is 0 Å². The van der Waals surface area contributed by atoms with Gasteiger partial charge in [-0.3, -0.25) is 14.5 Å². The third kappa shape index (κ3) is 7.94. The fraction of sp³-hybridized carbons (Fsp3) is 0.314. The van der Waals surface area contributed by atoms with Gasteiger partial charge in [-0.1, -0.05) is 68.0 Å². The van der Waals surface area contributed by atoms with Crippen LogP contribution in [0.1, 0.15) is 62.3 Å². The van der Waals surface area contributed by atoms with Crippen molar-refractivity contribution in [3.63, 3.8) is 0 Å². The molecule has 12 heteroatoms. The van der Waals surface area contributed by atoms with Gasteiger partial charge >= 0.3 is 5.91 Å². The second-order valence-corrected chi connectivity index (χ2v) is 13.0. The Hall–Kier alpha value is -4.42. The van der Waals surface area contributed by atoms with Gasteiger partial charge in [0.15, 0.2) is 15.8 Å². The molecular weight excluding hydrogens is 642 g/mol. The molecule has 47 heavy (non-hydrogen) atoms. The van der Waals surface area contributed by atoms with Crippen molar-refractivity contribution in [2.24, 2.45) is 0 Å². The number of benzene rings is 3. The van der Waals surface area contributed by atoms with Crippen molar-refractivity contribution in [1.82, 2.24) is 10.2 Å². The Balaban J connectivity index is 1.52. The number of rotatable bonds is 15. The molecule has 1 atom stereocenters. The Labute approximate surface area is 281 Å². The summed E-state index contributed by atoms with van der Waals surface area (Å²) in [7, 11) is 1.52. The number of Topliss-reactive ketones (excluding diaryl/α,β-unsaturated/α-hetero) is 1. The average Bonchev–Trinajstić information content (AvgIpc) is 3.66. The molecule has 1 N–H and O–H groups in total. The van der Waals surface area contributed by atoms with E-state index in [2.05, 4.69) is 17.1 Å². The van der Waals surface area contributed by atoms with Crippen LogP contribution in [0.3, 0.4) is 0 Å². The molecule has 3 aromatic carbocycles. The van der Waals surface area contributed by atoms with Crippen LogP contribution in [-0.2, 0) is 15.3 Å². The van der Waals surface area contributed by atoms with Gasteiger partial charge in [0.25, 0.3) is 5.78 Å². The van der Waals surface area contributed by atoms with Crippen LogP contribution in [-0.4, -0.2) is 47.3 Å². The van der Waals surface area contributed by atoms with Crippen LogP contribution in [0.25, 0.3) is 5.76 Å². The van der Waals surface area contributed by atoms with Crippen LogP contribution in [0.5, 0.6) is 17.2 Å². The maximum absolute atomic E-state index is 13.7. The topological polar surface area (TPSA) is 111 Å². The number of nitrogens with zero attached hydrogens (tertiary/aromatic N) is 3. The molecule has 4 aromatic rings. The zero-order valence-electron chi connectivity index (χ0n) is 26.4. The first kappa shape index (κ1) is 33.9. The van der Waals surface area contributed by atoms with Gasteiger partial charge in [0, 0.05) is 11.3 Å². The number of unbranched alkanes of at least 4 members (excludes halogenated alkanes) is 2. The highest BCUT2D eigenvalue weighted by molar-refractivity contribution is 8.00. The van der Waals surface area contributed by atoms with Gasteiger partial charge in [0.05, 0.1) is 31.9 Å². The summed E-state index contributed by atoms with van der Waals surface area (Å²) in [6.45, 7) is 5.18. The molecule has 0 bridgehead atoms. The number of hydrogen-bond acceptors (Lipinski definition) is 10. The number of hydrogen-bond donors (Lipinski definition) is 1. The standard InChI is InChI=1S/C35H36FN3O6S2/c1-4-6-7-19-45-27-17-12-24(20-28(27)43-3)30-29(31(40)23-10-15-26(16-11-23)44-18-5-2)32(41)33(42)39(30)34-37-38-35(47-34)46-21-22-8-13-25(36)14-9-22/h8-17,20,30,40H,4-7,18-19,21H2,1-3H3/b31-29-. The van der Waals surface area contributed by atoms with Crippen molar-refractivity contribution < 1.29 is 33.3 Å². The molecule has 0 radical (unpaired) electrons. The number of anilines is 1. The van der Waals surface area contributed by atoms with E-state index in [1.165, 1.54) is 35.9 Å². The Morgan fingerprint density at radius 2 is 1.70 bits per heavy atom. The second kappa shape index (κ2) is 15.9. The minimum Gasteiger partial charge on any atom is -0.507 e. The zero-order valence-corrected chi connectivity index (χ0v) is 28.0. The summed E-state index contributed by atoms with van der Waals surface area (Å²) < 4.78 is 31.2. The third-order valence-corrected chi connectivity index (χ3v) is 9.56. The normalized spacial score (nSPS) is 15.7. The van der Waals surface area contributed by atoms with E-state index in [0.717, 1.165) is 42.6 Å². The van der Waals surface area contributed by atoms with Crippen LogP contribution in [0.15, 0.2) is 76.6 Å². The molecule has 1 fully saturated rings. The summed E-state index contributed by atoms with van der Waals surface area (Å²) in [5, 5.41) is 20.3. The summed E-state index contributed by atoms with van der Waals surface area (Å²) in [5.41, 5.74) is 1.67. The minimum atomic E-state index is -1.03. The lowest BCUT2D eigenvalue weighted by atomic mass is 9.95. The molecule has 0 spiro atoms. The van der Waals surface area contributed by atoms with Crippen LogP contribution in [0.4, 0.5) is 9.52 Å². The van der Waals surface area contributed by atoms with E-state index < -0.39 is 17.7 Å². The summed E-state index contributed by atoms with van der Waals surface area (Å²) in [6.07, 6.45) is 3.83. The van der Waals surface area contributed by atoms with Crippen LogP contribution in [0.2, 0.25) is 0 Å². The molecule has 9 nitrogen and oxygen atoms in total. The van der Waals surface area contributed by atoms with Gasteiger partial charge in [-0.05, 0) is 72.5 Å². The molecule has 0 saturated carbocycles. The first-order valence-corrected chi connectivity index (χ1v) is 17.2. The number of methoxy groups -OCH3 is 1. The monoisotopic (exact) mass is 677 g/mol. The number of ketones is 1. The highest BCUT2D eigenvalue weighted by Crippen LogP contribution is 2.45. The number of carbonyl (C=O) groups is 2. The van der Waals surface area contributed by atoms with Crippen LogP contribution in [0, 0.1) is 5.82 Å². The molecule has 0 aliphatic carbocycles. The van der Waals surface area contributed by atoms with E-state index in [-0.39, 0.29) is 22.3 Å². The Morgan fingerprint density at radius 1 is 0.936 bits per heavy atom. The van der Waals surface area contributed by atoms with Crippen LogP contribution < -0.4 is 19.1 Å².